The van der Waals surface area contributed by atoms with Crippen molar-refractivity contribution in [1.82, 2.24) is 4.90 Å². The molecule has 1 heterocycles. The molecule has 0 saturated heterocycles. The summed E-state index contributed by atoms with van der Waals surface area (Å²) in [6.45, 7) is 1.62. The van der Waals surface area contributed by atoms with Crippen LogP contribution in [0.15, 0.2) is 36.4 Å². The van der Waals surface area contributed by atoms with Gasteiger partial charge in [0, 0.05) is 25.2 Å². The number of nitrogens with two attached hydrogens (primary N) is 1. The minimum absolute atomic E-state index is 0.242. The van der Waals surface area contributed by atoms with Gasteiger partial charge in [0.1, 0.15) is 0 Å². The van der Waals surface area contributed by atoms with Crippen molar-refractivity contribution in [1.29, 1.82) is 0 Å². The van der Waals surface area contributed by atoms with E-state index < -0.39 is 0 Å². The lowest BCUT2D eigenvalue weighted by Crippen LogP contribution is -2.33. The largest absolute Gasteiger partial charge is 0.399 e. The van der Waals surface area contributed by atoms with Gasteiger partial charge in [0.15, 0.2) is 0 Å². The van der Waals surface area contributed by atoms with Crippen molar-refractivity contribution < 1.29 is 4.79 Å². The van der Waals surface area contributed by atoms with Crippen LogP contribution in [-0.4, -0.2) is 23.9 Å². The van der Waals surface area contributed by atoms with Gasteiger partial charge in [-0.15, -0.1) is 0 Å². The number of amides is 1. The van der Waals surface area contributed by atoms with Gasteiger partial charge in [-0.05, 0) is 30.5 Å². The second kappa shape index (κ2) is 5.53. The Morgan fingerprint density at radius 2 is 2.00 bits per heavy atom. The number of hydrogen-bond acceptors (Lipinski definition) is 2. The zero-order chi connectivity index (χ0) is 12.1. The molecule has 1 amide bonds. The lowest BCUT2D eigenvalue weighted by atomic mass is 10.1. The quantitative estimate of drug-likeness (QED) is 0.637. The average Bonchev–Trinajstić information content (AvgIpc) is 2.39. The molecular weight excluding hydrogens is 212 g/mol. The number of carbonyl (C=O) groups is 1. The third kappa shape index (κ3) is 3.34. The maximum absolute atomic E-state index is 11.9. The van der Waals surface area contributed by atoms with E-state index in [9.17, 15) is 4.79 Å². The molecule has 0 aromatic heterocycles. The molecule has 0 saturated carbocycles. The van der Waals surface area contributed by atoms with E-state index in [1.807, 2.05) is 29.2 Å². The molecule has 3 nitrogen and oxygen atoms in total. The second-order valence-corrected chi connectivity index (χ2v) is 4.34. The standard InChI is InChI=1S/C14H18N2O/c15-13-7-4-12(5-8-13)6-9-14(17)16-10-2-1-3-11-16/h1-2,4-5,7-8H,3,6,9-11,15H2. The average molecular weight is 230 g/mol. The molecule has 17 heavy (non-hydrogen) atoms. The monoisotopic (exact) mass is 230 g/mol. The fourth-order valence-corrected chi connectivity index (χ4v) is 1.96. The first-order valence-electron chi connectivity index (χ1n) is 6.03. The molecule has 1 aromatic rings. The molecule has 0 atom stereocenters. The third-order valence-corrected chi connectivity index (χ3v) is 3.02. The first-order chi connectivity index (χ1) is 8.25. The van der Waals surface area contributed by atoms with E-state index >= 15 is 0 Å². The molecule has 2 rings (SSSR count). The Labute approximate surface area is 102 Å². The van der Waals surface area contributed by atoms with Gasteiger partial charge in [-0.3, -0.25) is 4.79 Å². The van der Waals surface area contributed by atoms with Gasteiger partial charge in [-0.1, -0.05) is 24.3 Å². The summed E-state index contributed by atoms with van der Waals surface area (Å²) in [5.41, 5.74) is 7.55. The minimum Gasteiger partial charge on any atom is -0.399 e. The molecular formula is C14H18N2O. The maximum Gasteiger partial charge on any atom is 0.223 e. The number of carbonyl (C=O) groups excluding carboxylic acids is 1. The molecule has 0 aliphatic carbocycles. The number of nitrogen functional groups attached to an aromatic ring is 1. The number of benzene rings is 1. The van der Waals surface area contributed by atoms with E-state index in [-0.39, 0.29) is 5.91 Å². The van der Waals surface area contributed by atoms with Gasteiger partial charge < -0.3 is 10.6 Å². The van der Waals surface area contributed by atoms with Crippen molar-refractivity contribution in [2.75, 3.05) is 18.8 Å². The number of aryl methyl sites for hydroxylation is 1. The normalized spacial score (nSPS) is 14.9. The second-order valence-electron chi connectivity index (χ2n) is 4.34. The van der Waals surface area contributed by atoms with Crippen LogP contribution in [0.2, 0.25) is 0 Å². The number of rotatable bonds is 3. The predicted octanol–water partition coefficient (Wildman–Crippen LogP) is 1.99. The van der Waals surface area contributed by atoms with Gasteiger partial charge >= 0.3 is 0 Å². The van der Waals surface area contributed by atoms with Gasteiger partial charge in [-0.2, -0.15) is 0 Å². The topological polar surface area (TPSA) is 46.3 Å². The number of nitrogens with zero attached hydrogens (tertiary/aromatic N) is 1. The Bertz CT molecular complexity index is 409. The molecule has 2 N–H and O–H groups in total. The molecule has 1 aliphatic heterocycles. The lowest BCUT2D eigenvalue weighted by molar-refractivity contribution is -0.130. The van der Waals surface area contributed by atoms with Crippen LogP contribution in [0.5, 0.6) is 0 Å². The van der Waals surface area contributed by atoms with Gasteiger partial charge in [0.2, 0.25) is 5.91 Å². The van der Waals surface area contributed by atoms with Crippen LogP contribution in [0.1, 0.15) is 18.4 Å². The SMILES string of the molecule is Nc1ccc(CCC(=O)N2CC=CCC2)cc1. The minimum atomic E-state index is 0.242. The molecule has 0 spiro atoms. The first kappa shape index (κ1) is 11.7. The van der Waals surface area contributed by atoms with Crippen LogP contribution in [0.4, 0.5) is 5.69 Å². The summed E-state index contributed by atoms with van der Waals surface area (Å²) in [7, 11) is 0. The molecule has 0 fully saturated rings. The Morgan fingerprint density at radius 3 is 2.65 bits per heavy atom. The maximum atomic E-state index is 11.9. The molecule has 0 radical (unpaired) electrons. The van der Waals surface area contributed by atoms with Crippen LogP contribution < -0.4 is 5.73 Å². The Kier molecular flexibility index (Phi) is 3.81. The molecule has 3 heteroatoms. The number of hydrogen-bond donors (Lipinski definition) is 1. The van der Waals surface area contributed by atoms with E-state index in [1.165, 1.54) is 5.56 Å². The third-order valence-electron chi connectivity index (χ3n) is 3.02. The Balaban J connectivity index is 1.83. The van der Waals surface area contributed by atoms with E-state index in [1.54, 1.807) is 0 Å². The van der Waals surface area contributed by atoms with Crippen LogP contribution >= 0.6 is 0 Å². The molecule has 0 bridgehead atoms. The highest BCUT2D eigenvalue weighted by Crippen LogP contribution is 2.10. The summed E-state index contributed by atoms with van der Waals surface area (Å²) in [5.74, 6) is 0.242. The van der Waals surface area contributed by atoms with E-state index in [4.69, 9.17) is 5.73 Å². The van der Waals surface area contributed by atoms with E-state index in [2.05, 4.69) is 12.2 Å². The van der Waals surface area contributed by atoms with Crippen molar-refractivity contribution in [3.8, 4) is 0 Å². The van der Waals surface area contributed by atoms with E-state index in [0.29, 0.717) is 6.42 Å². The number of anilines is 1. The van der Waals surface area contributed by atoms with Crippen molar-refractivity contribution >= 4 is 11.6 Å². The summed E-state index contributed by atoms with van der Waals surface area (Å²) in [6, 6.07) is 7.73. The molecule has 0 unspecified atom stereocenters. The predicted molar refractivity (Wildman–Crippen MR) is 69.5 cm³/mol. The van der Waals surface area contributed by atoms with Crippen molar-refractivity contribution in [3.05, 3.63) is 42.0 Å². The van der Waals surface area contributed by atoms with Crippen LogP contribution in [0.25, 0.3) is 0 Å². The van der Waals surface area contributed by atoms with Crippen molar-refractivity contribution in [3.63, 3.8) is 0 Å². The van der Waals surface area contributed by atoms with Crippen LogP contribution in [0, 0.1) is 0 Å². The van der Waals surface area contributed by atoms with Crippen molar-refractivity contribution in [2.45, 2.75) is 19.3 Å². The Hall–Kier alpha value is -1.77. The summed E-state index contributed by atoms with van der Waals surface area (Å²) in [4.78, 5) is 13.8. The Morgan fingerprint density at radius 1 is 1.24 bits per heavy atom. The van der Waals surface area contributed by atoms with Crippen molar-refractivity contribution in [2.24, 2.45) is 0 Å². The lowest BCUT2D eigenvalue weighted by Gasteiger charge is -2.23. The molecule has 1 aromatic carbocycles. The summed E-state index contributed by atoms with van der Waals surface area (Å²) in [6.07, 6.45) is 6.54. The summed E-state index contributed by atoms with van der Waals surface area (Å²) in [5, 5.41) is 0. The smallest absolute Gasteiger partial charge is 0.223 e. The first-order valence-corrected chi connectivity index (χ1v) is 6.03. The highest BCUT2D eigenvalue weighted by Gasteiger charge is 2.13. The molecule has 90 valence electrons. The fraction of sp³-hybridized carbons (Fsp3) is 0.357. The van der Waals surface area contributed by atoms with Crippen LogP contribution in [-0.2, 0) is 11.2 Å². The zero-order valence-corrected chi connectivity index (χ0v) is 9.93. The summed E-state index contributed by atoms with van der Waals surface area (Å²) >= 11 is 0. The van der Waals surface area contributed by atoms with Gasteiger partial charge in [-0.25, -0.2) is 0 Å². The highest BCUT2D eigenvalue weighted by atomic mass is 16.2. The van der Waals surface area contributed by atoms with E-state index in [0.717, 1.165) is 31.6 Å². The molecule has 1 aliphatic rings. The fourth-order valence-electron chi connectivity index (χ4n) is 1.96. The van der Waals surface area contributed by atoms with Crippen LogP contribution in [0.3, 0.4) is 0 Å². The van der Waals surface area contributed by atoms with Gasteiger partial charge in [0.05, 0.1) is 0 Å². The summed E-state index contributed by atoms with van der Waals surface area (Å²) < 4.78 is 0. The zero-order valence-electron chi connectivity index (χ0n) is 9.93. The van der Waals surface area contributed by atoms with Gasteiger partial charge in [0.25, 0.3) is 0 Å². The highest BCUT2D eigenvalue weighted by molar-refractivity contribution is 5.76.